The predicted molar refractivity (Wildman–Crippen MR) is 170 cm³/mol. The summed E-state index contributed by atoms with van der Waals surface area (Å²) in [6.45, 7) is 0.219. The van der Waals surface area contributed by atoms with Crippen LogP contribution >= 0.6 is 11.8 Å². The summed E-state index contributed by atoms with van der Waals surface area (Å²) in [6, 6.07) is 30.6. The summed E-state index contributed by atoms with van der Waals surface area (Å²) < 4.78 is 7.57. The van der Waals surface area contributed by atoms with E-state index >= 15 is 0 Å². The zero-order chi connectivity index (χ0) is 30.6. The number of carbonyl (C=O) groups is 3. The lowest BCUT2D eigenvalue weighted by Gasteiger charge is -2.25. The first-order valence-corrected chi connectivity index (χ1v) is 15.5. The number of furan rings is 1. The van der Waals surface area contributed by atoms with Crippen LogP contribution in [0.1, 0.15) is 38.5 Å². The fraction of sp³-hybridized carbons (Fsp3) is 0.143. The second kappa shape index (κ2) is 12.5. The number of rotatable bonds is 10. The minimum Gasteiger partial charge on any atom is -0.467 e. The lowest BCUT2D eigenvalue weighted by molar-refractivity contribution is -0.120. The molecule has 3 amide bonds. The van der Waals surface area contributed by atoms with Crippen molar-refractivity contribution in [3.63, 3.8) is 0 Å². The number of imide groups is 1. The van der Waals surface area contributed by atoms with Crippen molar-refractivity contribution in [3.8, 4) is 28.5 Å². The molecule has 1 atom stereocenters. The summed E-state index contributed by atoms with van der Waals surface area (Å²) >= 11 is 1.51. The molecule has 1 aliphatic heterocycles. The highest BCUT2D eigenvalue weighted by Crippen LogP contribution is 2.42. The van der Waals surface area contributed by atoms with Crippen molar-refractivity contribution in [2.24, 2.45) is 0 Å². The van der Waals surface area contributed by atoms with Gasteiger partial charge >= 0.3 is 0 Å². The lowest BCUT2D eigenvalue weighted by atomic mass is 9.98. The first kappa shape index (κ1) is 28.8. The molecule has 2 aromatic heterocycles. The number of hydrogen-bond donors (Lipinski definition) is 1. The van der Waals surface area contributed by atoms with Gasteiger partial charge in [-0.3, -0.25) is 19.3 Å². The molecule has 0 fully saturated rings. The van der Waals surface area contributed by atoms with Crippen molar-refractivity contribution in [2.45, 2.75) is 19.0 Å². The van der Waals surface area contributed by atoms with Crippen molar-refractivity contribution in [2.75, 3.05) is 17.3 Å². The topological polar surface area (TPSA) is 108 Å². The quantitative estimate of drug-likeness (QED) is 0.179. The van der Waals surface area contributed by atoms with Gasteiger partial charge in [0.2, 0.25) is 5.91 Å². The van der Waals surface area contributed by atoms with Gasteiger partial charge in [0.25, 0.3) is 11.8 Å². The second-order valence-corrected chi connectivity index (χ2v) is 11.3. The monoisotopic (exact) mass is 600 g/mol. The third kappa shape index (κ3) is 5.21. The molecule has 3 heterocycles. The van der Waals surface area contributed by atoms with Gasteiger partial charge in [0.15, 0.2) is 0 Å². The molecule has 0 radical (unpaired) electrons. The van der Waals surface area contributed by atoms with Gasteiger partial charge in [0.1, 0.15) is 29.3 Å². The van der Waals surface area contributed by atoms with E-state index < -0.39 is 23.8 Å². The Hall–Kier alpha value is -5.33. The van der Waals surface area contributed by atoms with Crippen LogP contribution in [0.3, 0.4) is 0 Å². The summed E-state index contributed by atoms with van der Waals surface area (Å²) in [4.78, 5) is 42.2. The van der Waals surface area contributed by atoms with Crippen LogP contribution in [0.25, 0.3) is 22.4 Å². The van der Waals surface area contributed by atoms with Gasteiger partial charge in [0.05, 0.1) is 29.6 Å². The smallest absolute Gasteiger partial charge is 0.262 e. The van der Waals surface area contributed by atoms with Gasteiger partial charge in [-0.1, -0.05) is 72.8 Å². The van der Waals surface area contributed by atoms with Crippen LogP contribution in [0.5, 0.6) is 0 Å². The van der Waals surface area contributed by atoms with Crippen molar-refractivity contribution >= 4 is 35.3 Å². The largest absolute Gasteiger partial charge is 0.467 e. The van der Waals surface area contributed by atoms with Crippen molar-refractivity contribution in [3.05, 3.63) is 126 Å². The van der Waals surface area contributed by atoms with E-state index in [1.165, 1.54) is 11.8 Å². The molecule has 9 heteroatoms. The molecule has 0 aliphatic carbocycles. The Kier molecular flexibility index (Phi) is 8.17. The van der Waals surface area contributed by atoms with Gasteiger partial charge in [0, 0.05) is 5.56 Å². The van der Waals surface area contributed by atoms with Crippen molar-refractivity contribution < 1.29 is 18.8 Å². The van der Waals surface area contributed by atoms with E-state index in [1.54, 1.807) is 36.6 Å². The van der Waals surface area contributed by atoms with Crippen LogP contribution < -0.4 is 5.32 Å². The van der Waals surface area contributed by atoms with Crippen LogP contribution in [0, 0.1) is 11.3 Å². The number of thioether (sulfide) groups is 1. The molecule has 0 bridgehead atoms. The molecule has 5 aromatic rings. The Morgan fingerprint density at radius 2 is 1.50 bits per heavy atom. The molecule has 0 saturated heterocycles. The number of nitrogens with one attached hydrogen (secondary N) is 1. The zero-order valence-electron chi connectivity index (χ0n) is 23.9. The van der Waals surface area contributed by atoms with Crippen LogP contribution in [0.4, 0.5) is 5.82 Å². The highest BCUT2D eigenvalue weighted by molar-refractivity contribution is 7.98. The van der Waals surface area contributed by atoms with Gasteiger partial charge in [-0.15, -0.1) is 0 Å². The normalized spacial score (nSPS) is 13.0. The van der Waals surface area contributed by atoms with Gasteiger partial charge in [-0.05, 0) is 53.8 Å². The van der Waals surface area contributed by atoms with E-state index in [-0.39, 0.29) is 35.5 Å². The van der Waals surface area contributed by atoms with Crippen LogP contribution in [-0.4, -0.2) is 45.2 Å². The average molecular weight is 601 g/mol. The highest BCUT2D eigenvalue weighted by Gasteiger charge is 2.43. The molecule has 1 aliphatic rings. The number of amides is 3. The van der Waals surface area contributed by atoms with E-state index in [0.29, 0.717) is 17.1 Å². The minimum atomic E-state index is -1.09. The summed E-state index contributed by atoms with van der Waals surface area (Å²) in [6.07, 6.45) is 3.72. The molecule has 8 nitrogen and oxygen atoms in total. The predicted octanol–water partition coefficient (Wildman–Crippen LogP) is 6.69. The molecule has 1 unspecified atom stereocenters. The van der Waals surface area contributed by atoms with E-state index in [9.17, 15) is 19.6 Å². The SMILES string of the molecule is CSCCC(C(=O)Nc1c(C#N)c(-c2ccccc2)c(-c2ccccc2)n1Cc1ccco1)N1C(=O)c2ccccc2C1=O. The Morgan fingerprint density at radius 1 is 0.886 bits per heavy atom. The molecule has 3 aromatic carbocycles. The third-order valence-electron chi connectivity index (χ3n) is 7.66. The van der Waals surface area contributed by atoms with E-state index in [4.69, 9.17) is 4.42 Å². The number of nitrogens with zero attached hydrogens (tertiary/aromatic N) is 3. The number of carbonyl (C=O) groups excluding carboxylic acids is 3. The molecule has 218 valence electrons. The fourth-order valence-electron chi connectivity index (χ4n) is 5.65. The van der Waals surface area contributed by atoms with Gasteiger partial charge < -0.3 is 14.3 Å². The molecule has 0 spiro atoms. The Balaban J connectivity index is 1.51. The summed E-state index contributed by atoms with van der Waals surface area (Å²) in [5.74, 6) is -0.147. The first-order valence-electron chi connectivity index (χ1n) is 14.1. The molecule has 0 saturated carbocycles. The average Bonchev–Trinajstić information content (AvgIpc) is 3.75. The maximum absolute atomic E-state index is 14.3. The summed E-state index contributed by atoms with van der Waals surface area (Å²) in [5, 5.41) is 13.6. The Labute approximate surface area is 258 Å². The lowest BCUT2D eigenvalue weighted by Crippen LogP contribution is -2.47. The van der Waals surface area contributed by atoms with E-state index in [2.05, 4.69) is 11.4 Å². The fourth-order valence-corrected chi connectivity index (χ4v) is 6.11. The van der Waals surface area contributed by atoms with Gasteiger partial charge in [-0.25, -0.2) is 0 Å². The number of aromatic nitrogens is 1. The Bertz CT molecular complexity index is 1840. The summed E-state index contributed by atoms with van der Waals surface area (Å²) in [5.41, 5.74) is 3.84. The van der Waals surface area contributed by atoms with Crippen molar-refractivity contribution in [1.82, 2.24) is 9.47 Å². The number of hydrogen-bond acceptors (Lipinski definition) is 6. The van der Waals surface area contributed by atoms with Crippen LogP contribution in [-0.2, 0) is 11.3 Å². The molecular formula is C35H28N4O4S. The number of fused-ring (bicyclic) bond motifs is 1. The Morgan fingerprint density at radius 3 is 2.07 bits per heavy atom. The molecule has 44 heavy (non-hydrogen) atoms. The second-order valence-electron chi connectivity index (χ2n) is 10.3. The molecule has 6 rings (SSSR count). The minimum absolute atomic E-state index is 0.219. The highest BCUT2D eigenvalue weighted by atomic mass is 32.2. The maximum atomic E-state index is 14.3. The third-order valence-corrected chi connectivity index (χ3v) is 8.30. The van der Waals surface area contributed by atoms with E-state index in [0.717, 1.165) is 21.7 Å². The standard InChI is InChI=1S/C35H28N4O4S/c1-44-20-18-29(39-34(41)26-16-8-9-17-27(26)35(39)42)33(40)37-32-28(21-36)30(23-11-4-2-5-12-23)31(24-13-6-3-7-14-24)38(32)22-25-15-10-19-43-25/h2-17,19,29H,18,20,22H2,1H3,(H,37,40). The molecule has 1 N–H and O–H groups in total. The first-order chi connectivity index (χ1) is 21.5. The summed E-state index contributed by atoms with van der Waals surface area (Å²) in [7, 11) is 0. The van der Waals surface area contributed by atoms with Crippen LogP contribution in [0.2, 0.25) is 0 Å². The number of anilines is 1. The number of benzene rings is 3. The molecular weight excluding hydrogens is 572 g/mol. The number of nitriles is 1. The van der Waals surface area contributed by atoms with E-state index in [1.807, 2.05) is 77.6 Å². The zero-order valence-corrected chi connectivity index (χ0v) is 24.7. The maximum Gasteiger partial charge on any atom is 0.262 e. The van der Waals surface area contributed by atoms with Crippen LogP contribution in [0.15, 0.2) is 108 Å². The van der Waals surface area contributed by atoms with Crippen molar-refractivity contribution in [1.29, 1.82) is 5.26 Å². The van der Waals surface area contributed by atoms with Gasteiger partial charge in [-0.2, -0.15) is 17.0 Å².